The molecule has 8 heteroatoms. The first-order valence-electron chi connectivity index (χ1n) is 9.66. The Bertz CT molecular complexity index is 728. The van der Waals surface area contributed by atoms with Gasteiger partial charge in [0.1, 0.15) is 12.7 Å². The molecule has 2 bridgehead atoms. The van der Waals surface area contributed by atoms with Gasteiger partial charge in [0.2, 0.25) is 0 Å². The Labute approximate surface area is 170 Å². The monoisotopic (exact) mass is 411 g/mol. The molecule has 3 N–H and O–H groups in total. The van der Waals surface area contributed by atoms with Gasteiger partial charge >= 0.3 is 11.9 Å². The van der Waals surface area contributed by atoms with E-state index in [4.69, 9.17) is 24.5 Å². The average Bonchev–Trinajstić information content (AvgIpc) is 2.82. The molecule has 7 nitrogen and oxygen atoms in total. The number of likely N-dealkylation sites (tertiary alicyclic amines) is 1. The lowest BCUT2D eigenvalue weighted by Crippen LogP contribution is -2.39. The van der Waals surface area contributed by atoms with Gasteiger partial charge in [0.25, 0.3) is 0 Å². The molecule has 0 amide bonds. The smallest absolute Gasteiger partial charge is 0.414 e. The van der Waals surface area contributed by atoms with E-state index in [9.17, 15) is 9.50 Å². The molecular weight excluding hydrogens is 381 g/mol. The van der Waals surface area contributed by atoms with E-state index < -0.39 is 18.0 Å². The fraction of sp³-hybridized carbons (Fsp3) is 0.619. The fourth-order valence-corrected chi connectivity index (χ4v) is 4.86. The number of fused-ring (bicyclic) bond motifs is 2. The summed E-state index contributed by atoms with van der Waals surface area (Å²) >= 11 is 0. The number of carbonyl (C=O) groups is 2. The molecule has 162 valence electrons. The number of carboxylic acids is 2. The van der Waals surface area contributed by atoms with E-state index in [-0.39, 0.29) is 18.2 Å². The van der Waals surface area contributed by atoms with E-state index in [1.165, 1.54) is 25.3 Å². The number of benzene rings is 1. The second kappa shape index (κ2) is 9.09. The third-order valence-electron chi connectivity index (χ3n) is 5.42. The molecule has 0 aromatic heterocycles. The van der Waals surface area contributed by atoms with E-state index in [1.54, 1.807) is 18.2 Å². The number of aliphatic carboxylic acids is 2. The molecule has 3 unspecified atom stereocenters. The number of hydrogen-bond donors (Lipinski definition) is 3. The number of carboxylic acid groups (broad SMARTS) is 2. The summed E-state index contributed by atoms with van der Waals surface area (Å²) < 4.78 is 19.0. The van der Waals surface area contributed by atoms with Gasteiger partial charge in [0, 0.05) is 19.1 Å². The highest BCUT2D eigenvalue weighted by molar-refractivity contribution is 6.27. The lowest BCUT2D eigenvalue weighted by atomic mass is 9.65. The van der Waals surface area contributed by atoms with Crippen molar-refractivity contribution < 1.29 is 34.0 Å². The normalized spacial score (nSPS) is 26.2. The lowest BCUT2D eigenvalue weighted by molar-refractivity contribution is -0.159. The van der Waals surface area contributed by atoms with E-state index >= 15 is 0 Å². The number of nitrogens with zero attached hydrogens (tertiary/aromatic N) is 1. The van der Waals surface area contributed by atoms with Gasteiger partial charge < -0.3 is 20.1 Å². The van der Waals surface area contributed by atoms with E-state index in [1.807, 2.05) is 0 Å². The topological polar surface area (TPSA) is 107 Å². The molecule has 3 atom stereocenters. The Kier molecular flexibility index (Phi) is 7.24. The van der Waals surface area contributed by atoms with Gasteiger partial charge in [0.15, 0.2) is 11.6 Å². The lowest BCUT2D eigenvalue weighted by Gasteiger charge is -2.40. The largest absolute Gasteiger partial charge is 0.488 e. The van der Waals surface area contributed by atoms with Crippen molar-refractivity contribution in [3.63, 3.8) is 0 Å². The molecule has 1 aromatic rings. The van der Waals surface area contributed by atoms with E-state index in [2.05, 4.69) is 25.7 Å². The predicted molar refractivity (Wildman–Crippen MR) is 104 cm³/mol. The van der Waals surface area contributed by atoms with Gasteiger partial charge in [-0.2, -0.15) is 0 Å². The third kappa shape index (κ3) is 6.68. The molecule has 0 radical (unpaired) electrons. The van der Waals surface area contributed by atoms with Crippen molar-refractivity contribution in [2.75, 3.05) is 19.7 Å². The summed E-state index contributed by atoms with van der Waals surface area (Å²) in [4.78, 5) is 20.6. The zero-order chi connectivity index (χ0) is 21.8. The van der Waals surface area contributed by atoms with Crippen LogP contribution in [-0.2, 0) is 9.59 Å². The average molecular weight is 411 g/mol. The first-order chi connectivity index (χ1) is 13.4. The van der Waals surface area contributed by atoms with Crippen LogP contribution in [0.1, 0.15) is 40.0 Å². The van der Waals surface area contributed by atoms with Crippen LogP contribution in [0, 0.1) is 16.6 Å². The highest BCUT2D eigenvalue weighted by Crippen LogP contribution is 2.52. The summed E-state index contributed by atoms with van der Waals surface area (Å²) in [6.45, 7) is 8.83. The zero-order valence-electron chi connectivity index (χ0n) is 17.1. The van der Waals surface area contributed by atoms with Gasteiger partial charge in [-0.05, 0) is 42.2 Å². The second-order valence-corrected chi connectivity index (χ2v) is 9.15. The van der Waals surface area contributed by atoms with Gasteiger partial charge in [-0.15, -0.1) is 0 Å². The van der Waals surface area contributed by atoms with Crippen molar-refractivity contribution in [3.8, 4) is 5.75 Å². The molecule has 1 saturated heterocycles. The minimum Gasteiger partial charge on any atom is -0.488 e. The van der Waals surface area contributed by atoms with Crippen LogP contribution in [0.2, 0.25) is 0 Å². The number of aliphatic hydroxyl groups is 1. The quantitative estimate of drug-likeness (QED) is 0.639. The summed E-state index contributed by atoms with van der Waals surface area (Å²) in [6, 6.07) is 6.87. The maximum absolute atomic E-state index is 13.5. The molecule has 0 spiro atoms. The van der Waals surface area contributed by atoms with E-state index in [0.717, 1.165) is 6.54 Å². The van der Waals surface area contributed by atoms with Crippen LogP contribution >= 0.6 is 0 Å². The summed E-state index contributed by atoms with van der Waals surface area (Å²) in [5, 5.41) is 25.1. The van der Waals surface area contributed by atoms with Crippen LogP contribution in [0.3, 0.4) is 0 Å². The standard InChI is InChI=1S/C19H28FNO2.C2H2O4/c1-18(2)8-14-9-19(3,12-18)13-21(14)10-15(22)11-23-17-7-5-4-6-16(17)20;3-1(4)2(5)6/h4-7,14-15,22H,8-13H2,1-3H3;(H,3,4)(H,5,6). The second-order valence-electron chi connectivity index (χ2n) is 9.15. The first-order valence-corrected chi connectivity index (χ1v) is 9.66. The Hall–Kier alpha value is -2.19. The Morgan fingerprint density at radius 3 is 2.41 bits per heavy atom. The van der Waals surface area contributed by atoms with Crippen LogP contribution in [0.4, 0.5) is 4.39 Å². The van der Waals surface area contributed by atoms with Gasteiger partial charge in [-0.3, -0.25) is 4.90 Å². The van der Waals surface area contributed by atoms with Gasteiger partial charge in [-0.1, -0.05) is 32.9 Å². The zero-order valence-corrected chi connectivity index (χ0v) is 17.1. The number of halogens is 1. The van der Waals surface area contributed by atoms with Crippen LogP contribution in [-0.4, -0.2) is 64.0 Å². The van der Waals surface area contributed by atoms with Crippen molar-refractivity contribution in [1.82, 2.24) is 4.90 Å². The van der Waals surface area contributed by atoms with Crippen LogP contribution in [0.25, 0.3) is 0 Å². The molecule has 1 heterocycles. The van der Waals surface area contributed by atoms with Crippen molar-refractivity contribution in [2.24, 2.45) is 10.8 Å². The number of rotatable bonds is 5. The number of para-hydroxylation sites is 1. The first kappa shape index (κ1) is 23.1. The molecule has 2 fully saturated rings. The van der Waals surface area contributed by atoms with Crippen molar-refractivity contribution >= 4 is 11.9 Å². The maximum atomic E-state index is 13.5. The number of aliphatic hydroxyl groups excluding tert-OH is 1. The van der Waals surface area contributed by atoms with Gasteiger partial charge in [-0.25, -0.2) is 14.0 Å². The Morgan fingerprint density at radius 2 is 1.83 bits per heavy atom. The Morgan fingerprint density at radius 1 is 1.21 bits per heavy atom. The molecule has 1 aromatic carbocycles. The van der Waals surface area contributed by atoms with Crippen molar-refractivity contribution in [3.05, 3.63) is 30.1 Å². The number of hydrogen-bond acceptors (Lipinski definition) is 5. The van der Waals surface area contributed by atoms with Crippen LogP contribution in [0.15, 0.2) is 24.3 Å². The molecular formula is C21H30FNO6. The molecule has 29 heavy (non-hydrogen) atoms. The number of ether oxygens (including phenoxy) is 1. The minimum absolute atomic E-state index is 0.129. The Balaban J connectivity index is 0.000000438. The molecule has 3 rings (SSSR count). The minimum atomic E-state index is -1.82. The molecule has 2 aliphatic rings. The number of β-amino-alcohol motifs (C(OH)–C–C–N with tert-alkyl or cyclic N) is 1. The maximum Gasteiger partial charge on any atom is 0.414 e. The van der Waals surface area contributed by atoms with Crippen molar-refractivity contribution in [1.29, 1.82) is 0 Å². The van der Waals surface area contributed by atoms with Crippen LogP contribution in [0.5, 0.6) is 5.75 Å². The van der Waals surface area contributed by atoms with Crippen molar-refractivity contribution in [2.45, 2.75) is 52.2 Å². The summed E-state index contributed by atoms with van der Waals surface area (Å²) in [7, 11) is 0. The SMILES string of the molecule is CC1(C)CC2CC(C)(CN2CC(O)COc2ccccc2F)C1.O=C(O)C(=O)O. The van der Waals surface area contributed by atoms with E-state index in [0.29, 0.717) is 23.4 Å². The fourth-order valence-electron chi connectivity index (χ4n) is 4.86. The predicted octanol–water partition coefficient (Wildman–Crippen LogP) is 2.62. The summed E-state index contributed by atoms with van der Waals surface area (Å²) in [5.74, 6) is -3.82. The van der Waals surface area contributed by atoms with Gasteiger partial charge in [0.05, 0.1) is 0 Å². The third-order valence-corrected chi connectivity index (χ3v) is 5.42. The highest BCUT2D eigenvalue weighted by atomic mass is 19.1. The van der Waals surface area contributed by atoms with Crippen LogP contribution < -0.4 is 4.74 Å². The molecule has 1 aliphatic heterocycles. The molecule has 1 aliphatic carbocycles. The molecule has 1 saturated carbocycles. The summed E-state index contributed by atoms with van der Waals surface area (Å²) in [6.07, 6.45) is 3.05. The summed E-state index contributed by atoms with van der Waals surface area (Å²) in [5.41, 5.74) is 0.736. The highest BCUT2D eigenvalue weighted by Gasteiger charge is 2.49.